The minimum Gasteiger partial charge on any atom is -0.478 e. The molecule has 3 aromatic heterocycles. The molecule has 10 nitrogen and oxygen atoms in total. The molecule has 5 heterocycles. The van der Waals surface area contributed by atoms with Crippen LogP contribution < -0.4 is 0 Å². The normalized spacial score (nSPS) is 13.0. The average molecular weight is 727 g/mol. The number of aromatic carboxylic acids is 1. The van der Waals surface area contributed by atoms with Gasteiger partial charge < -0.3 is 15.1 Å². The lowest BCUT2D eigenvalue weighted by Crippen LogP contribution is -2.10. The SMILES string of the molecule is CC(C)(C)c1ccc2c(c1)-c1nc-2nc2[nH]c(nc3nc(nc4[nH]c(n1)c1ccc(C(C)(C)C)cc41)-c1ccc(C(=O)O)cc1-3)c1ccc(C(C)(C)C)cc21. The number of fused-ring (bicyclic) bond motifs is 20. The Hall–Kier alpha value is -6.29. The van der Waals surface area contributed by atoms with Crippen LogP contribution in [0.25, 0.3) is 89.7 Å². The number of hydrogen-bond acceptors (Lipinski definition) is 7. The van der Waals surface area contributed by atoms with Crippen molar-refractivity contribution in [3.05, 3.63) is 95.1 Å². The van der Waals surface area contributed by atoms with Gasteiger partial charge in [0.15, 0.2) is 23.3 Å². The standard InChI is InChI=1S/C45H42N8O2/c1-43(2,3)23-11-15-27-31(19-23)40-49-35(27)47-38-30-18-22(42(54)55)10-14-26(30)34(46-38)48-39-32-20-24(44(4,5)6)12-16-28(32)36(50-39)52-41-33-21-25(45(7,8)9)13-17-29(33)37(51-40)53-41/h10-21H,1-9H3,(H,54,55)(H2,46,47,48,49,50,51,52,53). The Labute approximate surface area is 318 Å². The molecule has 0 saturated carbocycles. The van der Waals surface area contributed by atoms with Crippen LogP contribution in [0.15, 0.2) is 72.8 Å². The van der Waals surface area contributed by atoms with Crippen molar-refractivity contribution in [2.75, 3.05) is 0 Å². The summed E-state index contributed by atoms with van der Waals surface area (Å²) in [5, 5.41) is 13.5. The van der Waals surface area contributed by atoms with Gasteiger partial charge in [0.1, 0.15) is 22.6 Å². The van der Waals surface area contributed by atoms with Crippen molar-refractivity contribution in [3.63, 3.8) is 0 Å². The Kier molecular flexibility index (Phi) is 7.27. The van der Waals surface area contributed by atoms with Crippen LogP contribution in [-0.4, -0.2) is 50.9 Å². The first kappa shape index (κ1) is 34.5. The lowest BCUT2D eigenvalue weighted by molar-refractivity contribution is 0.0697. The van der Waals surface area contributed by atoms with Crippen molar-refractivity contribution < 1.29 is 9.90 Å². The first-order valence-electron chi connectivity index (χ1n) is 18.6. The minimum absolute atomic E-state index is 0.0987. The van der Waals surface area contributed by atoms with E-state index in [0.29, 0.717) is 57.0 Å². The lowest BCUT2D eigenvalue weighted by atomic mass is 9.85. The summed E-state index contributed by atoms with van der Waals surface area (Å²) in [6.07, 6.45) is 0. The number of aromatic amines is 2. The Bertz CT molecular complexity index is 2950. The van der Waals surface area contributed by atoms with Gasteiger partial charge in [-0.25, -0.2) is 34.7 Å². The molecule has 3 N–H and O–H groups in total. The van der Waals surface area contributed by atoms with E-state index in [0.717, 1.165) is 43.8 Å². The van der Waals surface area contributed by atoms with Crippen LogP contribution in [0.4, 0.5) is 0 Å². The molecule has 55 heavy (non-hydrogen) atoms. The quantitative estimate of drug-likeness (QED) is 0.151. The topological polar surface area (TPSA) is 146 Å². The fourth-order valence-electron chi connectivity index (χ4n) is 7.33. The molecule has 2 aliphatic heterocycles. The van der Waals surface area contributed by atoms with Gasteiger partial charge in [0, 0.05) is 43.8 Å². The number of carboxylic acids is 1. The van der Waals surface area contributed by atoms with Crippen LogP contribution in [0.5, 0.6) is 0 Å². The predicted molar refractivity (Wildman–Crippen MR) is 219 cm³/mol. The summed E-state index contributed by atoms with van der Waals surface area (Å²) in [5.74, 6) is 0.824. The van der Waals surface area contributed by atoms with E-state index < -0.39 is 5.97 Å². The maximum Gasteiger partial charge on any atom is 0.335 e. The van der Waals surface area contributed by atoms with E-state index in [1.807, 2.05) is 0 Å². The Morgan fingerprint density at radius 1 is 0.436 bits per heavy atom. The van der Waals surface area contributed by atoms with Crippen molar-refractivity contribution in [1.82, 2.24) is 39.9 Å². The van der Waals surface area contributed by atoms with Crippen molar-refractivity contribution in [1.29, 1.82) is 0 Å². The fraction of sp³-hybridized carbons (Fsp3) is 0.267. The highest BCUT2D eigenvalue weighted by molar-refractivity contribution is 6.07. The molecule has 4 aromatic carbocycles. The van der Waals surface area contributed by atoms with E-state index in [9.17, 15) is 9.90 Å². The van der Waals surface area contributed by atoms with Crippen LogP contribution in [0.2, 0.25) is 0 Å². The van der Waals surface area contributed by atoms with Crippen LogP contribution in [0, 0.1) is 0 Å². The summed E-state index contributed by atoms with van der Waals surface area (Å²) in [4.78, 5) is 50.0. The Morgan fingerprint density at radius 3 is 1.24 bits per heavy atom. The number of hydrogen-bond donors (Lipinski definition) is 3. The third kappa shape index (κ3) is 5.75. The summed E-state index contributed by atoms with van der Waals surface area (Å²) in [6.45, 7) is 19.7. The molecule has 0 fully saturated rings. The minimum atomic E-state index is -1.04. The Morgan fingerprint density at radius 2 is 0.800 bits per heavy atom. The Balaban J connectivity index is 1.47. The van der Waals surface area contributed by atoms with Crippen LogP contribution in [0.1, 0.15) is 89.4 Å². The van der Waals surface area contributed by atoms with Gasteiger partial charge in [0.25, 0.3) is 0 Å². The van der Waals surface area contributed by atoms with Crippen molar-refractivity contribution >= 4 is 50.1 Å². The van der Waals surface area contributed by atoms with Crippen LogP contribution >= 0.6 is 0 Å². The third-order valence-corrected chi connectivity index (χ3v) is 10.7. The molecule has 0 radical (unpaired) electrons. The predicted octanol–water partition coefficient (Wildman–Crippen LogP) is 10.5. The zero-order valence-corrected chi connectivity index (χ0v) is 32.5. The molecule has 0 spiro atoms. The number of benzene rings is 4. The van der Waals surface area contributed by atoms with E-state index >= 15 is 0 Å². The second-order valence-corrected chi connectivity index (χ2v) is 17.7. The van der Waals surface area contributed by atoms with Gasteiger partial charge in [-0.15, -0.1) is 0 Å². The maximum absolute atomic E-state index is 12.2. The smallest absolute Gasteiger partial charge is 0.335 e. The molecule has 0 saturated heterocycles. The number of aromatic nitrogens is 8. The largest absolute Gasteiger partial charge is 0.478 e. The van der Waals surface area contributed by atoms with Gasteiger partial charge in [-0.1, -0.05) is 98.7 Å². The molecule has 8 bridgehead atoms. The van der Waals surface area contributed by atoms with Crippen LogP contribution in [-0.2, 0) is 16.2 Å². The monoisotopic (exact) mass is 726 g/mol. The molecular formula is C45H42N8O2. The molecule has 10 heteroatoms. The number of nitrogens with one attached hydrogen (secondary N) is 2. The van der Waals surface area contributed by atoms with Crippen molar-refractivity contribution in [3.8, 4) is 45.6 Å². The second-order valence-electron chi connectivity index (χ2n) is 17.7. The van der Waals surface area contributed by atoms with E-state index in [-0.39, 0.29) is 21.8 Å². The van der Waals surface area contributed by atoms with Gasteiger partial charge in [-0.05, 0) is 69.3 Å². The van der Waals surface area contributed by atoms with Gasteiger partial charge in [-0.2, -0.15) is 0 Å². The highest BCUT2D eigenvalue weighted by atomic mass is 16.4. The van der Waals surface area contributed by atoms with Crippen molar-refractivity contribution in [2.45, 2.75) is 78.6 Å². The molecule has 0 atom stereocenters. The molecule has 0 aliphatic carbocycles. The van der Waals surface area contributed by atoms with Crippen molar-refractivity contribution in [2.24, 2.45) is 0 Å². The molecule has 274 valence electrons. The van der Waals surface area contributed by atoms with Gasteiger partial charge in [-0.3, -0.25) is 0 Å². The number of H-pyrrole nitrogens is 2. The zero-order chi connectivity index (χ0) is 38.8. The number of rotatable bonds is 1. The van der Waals surface area contributed by atoms with E-state index in [2.05, 4.69) is 127 Å². The van der Waals surface area contributed by atoms with Gasteiger partial charge >= 0.3 is 5.97 Å². The summed E-state index contributed by atoms with van der Waals surface area (Å²) < 4.78 is 0. The first-order valence-corrected chi connectivity index (χ1v) is 18.6. The molecule has 9 rings (SSSR count). The fourth-order valence-corrected chi connectivity index (χ4v) is 7.33. The first-order chi connectivity index (χ1) is 25.9. The summed E-state index contributed by atoms with van der Waals surface area (Å²) >= 11 is 0. The average Bonchev–Trinajstić information content (AvgIpc) is 3.85. The highest BCUT2D eigenvalue weighted by Gasteiger charge is 2.26. The number of carboxylic acid groups (broad SMARTS) is 1. The maximum atomic E-state index is 12.2. The summed E-state index contributed by atoms with van der Waals surface area (Å²) in [7, 11) is 0. The number of nitrogens with zero attached hydrogens (tertiary/aromatic N) is 6. The van der Waals surface area contributed by atoms with Gasteiger partial charge in [0.2, 0.25) is 0 Å². The van der Waals surface area contributed by atoms with E-state index in [1.54, 1.807) is 18.2 Å². The van der Waals surface area contributed by atoms with E-state index in [4.69, 9.17) is 29.9 Å². The molecule has 2 aliphatic rings. The molecule has 0 unspecified atom stereocenters. The molecule has 0 amide bonds. The summed E-state index contributed by atoms with van der Waals surface area (Å²) in [6, 6.07) is 24.1. The highest BCUT2D eigenvalue weighted by Crippen LogP contribution is 2.40. The second kappa shape index (κ2) is 11.6. The molecular weight excluding hydrogens is 685 g/mol. The zero-order valence-electron chi connectivity index (χ0n) is 32.5. The van der Waals surface area contributed by atoms with Crippen LogP contribution in [0.3, 0.4) is 0 Å². The van der Waals surface area contributed by atoms with Gasteiger partial charge in [0.05, 0.1) is 5.56 Å². The lowest BCUT2D eigenvalue weighted by Gasteiger charge is -2.19. The third-order valence-electron chi connectivity index (χ3n) is 10.7. The van der Waals surface area contributed by atoms with E-state index in [1.165, 1.54) is 5.56 Å². The summed E-state index contributed by atoms with van der Waals surface area (Å²) in [5.41, 5.74) is 8.65. The molecule has 7 aromatic rings. The number of carbonyl (C=O) groups is 1.